The Hall–Kier alpha value is -0.570. The lowest BCUT2D eigenvalue weighted by Crippen LogP contribution is -2.39. The number of hydrogen-bond donors (Lipinski definition) is 2. The van der Waals surface area contributed by atoms with E-state index in [1.54, 1.807) is 0 Å². The van der Waals surface area contributed by atoms with Crippen LogP contribution in [0.3, 0.4) is 0 Å². The molecule has 3 heteroatoms. The standard InChI is InChI=1S/C13H26N2O/c1-3-11(4-2)10-15-13(16)9-12-7-5-6-8-14-12/h11-12,14H,3-10H2,1-2H3,(H,15,16). The third kappa shape index (κ3) is 4.97. The van der Waals surface area contributed by atoms with Crippen LogP contribution in [0.1, 0.15) is 52.4 Å². The van der Waals surface area contributed by atoms with Crippen molar-refractivity contribution >= 4 is 5.91 Å². The minimum absolute atomic E-state index is 0.214. The smallest absolute Gasteiger partial charge is 0.221 e. The van der Waals surface area contributed by atoms with E-state index in [4.69, 9.17) is 0 Å². The summed E-state index contributed by atoms with van der Waals surface area (Å²) in [7, 11) is 0. The highest BCUT2D eigenvalue weighted by Crippen LogP contribution is 2.10. The highest BCUT2D eigenvalue weighted by molar-refractivity contribution is 5.76. The Morgan fingerprint density at radius 3 is 2.69 bits per heavy atom. The van der Waals surface area contributed by atoms with Gasteiger partial charge in [-0.15, -0.1) is 0 Å². The summed E-state index contributed by atoms with van der Waals surface area (Å²) in [6, 6.07) is 0.412. The van der Waals surface area contributed by atoms with Crippen LogP contribution >= 0.6 is 0 Å². The van der Waals surface area contributed by atoms with Crippen LogP contribution in [0.15, 0.2) is 0 Å². The van der Waals surface area contributed by atoms with Gasteiger partial charge in [0.2, 0.25) is 5.91 Å². The molecule has 0 aromatic carbocycles. The van der Waals surface area contributed by atoms with Gasteiger partial charge in [0.25, 0.3) is 0 Å². The van der Waals surface area contributed by atoms with Gasteiger partial charge in [-0.05, 0) is 25.3 Å². The number of rotatable bonds is 6. The van der Waals surface area contributed by atoms with E-state index in [9.17, 15) is 4.79 Å². The molecule has 0 saturated carbocycles. The Labute approximate surface area is 99.4 Å². The van der Waals surface area contributed by atoms with E-state index in [2.05, 4.69) is 24.5 Å². The van der Waals surface area contributed by atoms with Gasteiger partial charge in [0.05, 0.1) is 0 Å². The van der Waals surface area contributed by atoms with Crippen LogP contribution in [-0.4, -0.2) is 25.0 Å². The van der Waals surface area contributed by atoms with Crippen molar-refractivity contribution < 1.29 is 4.79 Å². The van der Waals surface area contributed by atoms with Crippen LogP contribution in [0.2, 0.25) is 0 Å². The SMILES string of the molecule is CCC(CC)CNC(=O)CC1CCCCN1. The van der Waals surface area contributed by atoms with Crippen molar-refractivity contribution in [3.05, 3.63) is 0 Å². The molecule has 1 fully saturated rings. The zero-order valence-corrected chi connectivity index (χ0v) is 10.7. The molecule has 0 aliphatic carbocycles. The zero-order chi connectivity index (χ0) is 11.8. The summed E-state index contributed by atoms with van der Waals surface area (Å²) in [5, 5.41) is 6.46. The molecule has 0 bridgehead atoms. The topological polar surface area (TPSA) is 41.1 Å². The largest absolute Gasteiger partial charge is 0.356 e. The quantitative estimate of drug-likeness (QED) is 0.728. The fraction of sp³-hybridized carbons (Fsp3) is 0.923. The van der Waals surface area contributed by atoms with Gasteiger partial charge in [-0.3, -0.25) is 4.79 Å². The number of carbonyl (C=O) groups excluding carboxylic acids is 1. The summed E-state index contributed by atoms with van der Waals surface area (Å²) in [5.41, 5.74) is 0. The second-order valence-electron chi connectivity index (χ2n) is 4.84. The number of carbonyl (C=O) groups is 1. The lowest BCUT2D eigenvalue weighted by atomic mass is 10.0. The maximum atomic E-state index is 11.7. The molecule has 1 rings (SSSR count). The van der Waals surface area contributed by atoms with Crippen molar-refractivity contribution in [2.45, 2.75) is 58.4 Å². The molecule has 1 aliphatic heterocycles. The van der Waals surface area contributed by atoms with E-state index < -0.39 is 0 Å². The number of amides is 1. The Morgan fingerprint density at radius 2 is 2.12 bits per heavy atom. The number of hydrogen-bond acceptors (Lipinski definition) is 2. The Bertz CT molecular complexity index is 196. The van der Waals surface area contributed by atoms with Crippen LogP contribution in [-0.2, 0) is 4.79 Å². The molecule has 0 radical (unpaired) electrons. The molecule has 1 amide bonds. The normalized spacial score (nSPS) is 21.1. The molecule has 3 nitrogen and oxygen atoms in total. The Morgan fingerprint density at radius 1 is 1.38 bits per heavy atom. The van der Waals surface area contributed by atoms with Gasteiger partial charge in [-0.2, -0.15) is 0 Å². The average molecular weight is 226 g/mol. The van der Waals surface area contributed by atoms with Gasteiger partial charge < -0.3 is 10.6 Å². The molecule has 0 aromatic heterocycles. The van der Waals surface area contributed by atoms with E-state index in [1.165, 1.54) is 12.8 Å². The van der Waals surface area contributed by atoms with Crippen molar-refractivity contribution in [2.24, 2.45) is 5.92 Å². The van der Waals surface area contributed by atoms with E-state index >= 15 is 0 Å². The molecule has 16 heavy (non-hydrogen) atoms. The molecule has 94 valence electrons. The highest BCUT2D eigenvalue weighted by Gasteiger charge is 2.16. The maximum Gasteiger partial charge on any atom is 0.221 e. The molecule has 1 aliphatic rings. The second-order valence-corrected chi connectivity index (χ2v) is 4.84. The fourth-order valence-corrected chi connectivity index (χ4v) is 2.23. The summed E-state index contributed by atoms with van der Waals surface area (Å²) in [4.78, 5) is 11.7. The Balaban J connectivity index is 2.14. The third-order valence-electron chi connectivity index (χ3n) is 3.59. The monoisotopic (exact) mass is 226 g/mol. The van der Waals surface area contributed by atoms with Crippen molar-refractivity contribution in [3.8, 4) is 0 Å². The minimum atomic E-state index is 0.214. The van der Waals surface area contributed by atoms with Gasteiger partial charge in [0, 0.05) is 19.0 Å². The molecule has 1 saturated heterocycles. The number of piperidine rings is 1. The van der Waals surface area contributed by atoms with Gasteiger partial charge >= 0.3 is 0 Å². The summed E-state index contributed by atoms with van der Waals surface area (Å²) in [5.74, 6) is 0.856. The zero-order valence-electron chi connectivity index (χ0n) is 10.7. The molecule has 2 N–H and O–H groups in total. The summed E-state index contributed by atoms with van der Waals surface area (Å²) >= 11 is 0. The maximum absolute atomic E-state index is 11.7. The molecule has 0 aromatic rings. The van der Waals surface area contributed by atoms with Crippen molar-refractivity contribution in [1.29, 1.82) is 0 Å². The van der Waals surface area contributed by atoms with E-state index in [1.807, 2.05) is 0 Å². The van der Waals surface area contributed by atoms with Crippen LogP contribution in [0.4, 0.5) is 0 Å². The summed E-state index contributed by atoms with van der Waals surface area (Å²) in [6.07, 6.45) is 6.62. The van der Waals surface area contributed by atoms with Crippen molar-refractivity contribution in [3.63, 3.8) is 0 Å². The first-order chi connectivity index (χ1) is 7.76. The lowest BCUT2D eigenvalue weighted by Gasteiger charge is -2.23. The van der Waals surface area contributed by atoms with Crippen molar-refractivity contribution in [1.82, 2.24) is 10.6 Å². The predicted octanol–water partition coefficient (Wildman–Crippen LogP) is 2.07. The van der Waals surface area contributed by atoms with E-state index in [0.29, 0.717) is 18.4 Å². The molecular weight excluding hydrogens is 200 g/mol. The lowest BCUT2D eigenvalue weighted by molar-refractivity contribution is -0.121. The first kappa shape index (κ1) is 13.5. The van der Waals surface area contributed by atoms with Crippen LogP contribution in [0, 0.1) is 5.92 Å². The summed E-state index contributed by atoms with van der Waals surface area (Å²) < 4.78 is 0. The Kier molecular flexibility index (Phi) is 6.46. The van der Waals surface area contributed by atoms with Crippen LogP contribution < -0.4 is 10.6 Å². The minimum Gasteiger partial charge on any atom is -0.356 e. The molecule has 0 spiro atoms. The van der Waals surface area contributed by atoms with Crippen LogP contribution in [0.25, 0.3) is 0 Å². The van der Waals surface area contributed by atoms with Crippen LogP contribution in [0.5, 0.6) is 0 Å². The molecule has 1 unspecified atom stereocenters. The second kappa shape index (κ2) is 7.66. The third-order valence-corrected chi connectivity index (χ3v) is 3.59. The van der Waals surface area contributed by atoms with Crippen molar-refractivity contribution in [2.75, 3.05) is 13.1 Å². The summed E-state index contributed by atoms with van der Waals surface area (Å²) in [6.45, 7) is 6.29. The molecule has 1 heterocycles. The van der Waals surface area contributed by atoms with Gasteiger partial charge in [-0.25, -0.2) is 0 Å². The number of nitrogens with one attached hydrogen (secondary N) is 2. The molecular formula is C13H26N2O. The van der Waals surface area contributed by atoms with E-state index in [-0.39, 0.29) is 5.91 Å². The van der Waals surface area contributed by atoms with Gasteiger partial charge in [0.15, 0.2) is 0 Å². The van der Waals surface area contributed by atoms with E-state index in [0.717, 1.165) is 32.4 Å². The highest BCUT2D eigenvalue weighted by atomic mass is 16.1. The average Bonchev–Trinajstić information content (AvgIpc) is 2.31. The predicted molar refractivity (Wildman–Crippen MR) is 67.3 cm³/mol. The first-order valence-electron chi connectivity index (χ1n) is 6.76. The van der Waals surface area contributed by atoms with Gasteiger partial charge in [-0.1, -0.05) is 33.1 Å². The fourth-order valence-electron chi connectivity index (χ4n) is 2.23. The van der Waals surface area contributed by atoms with Gasteiger partial charge in [0.1, 0.15) is 0 Å². The first-order valence-corrected chi connectivity index (χ1v) is 6.76. The molecule has 1 atom stereocenters.